The van der Waals surface area contributed by atoms with Crippen LogP contribution >= 0.6 is 0 Å². The van der Waals surface area contributed by atoms with Gasteiger partial charge in [0.2, 0.25) is 0 Å². The van der Waals surface area contributed by atoms with Crippen molar-refractivity contribution >= 4 is 23.0 Å². The van der Waals surface area contributed by atoms with Gasteiger partial charge in [0.1, 0.15) is 18.2 Å². The first-order chi connectivity index (χ1) is 16.3. The normalized spacial score (nSPS) is 11.1. The van der Waals surface area contributed by atoms with Gasteiger partial charge in [-0.25, -0.2) is 13.8 Å². The minimum Gasteiger partial charge on any atom is -0.487 e. The summed E-state index contributed by atoms with van der Waals surface area (Å²) < 4.78 is 26.4. The molecule has 174 valence electrons. The van der Waals surface area contributed by atoms with Crippen LogP contribution in [0.2, 0.25) is 0 Å². The molecule has 0 unspecified atom stereocenters. The van der Waals surface area contributed by atoms with E-state index in [-0.39, 0.29) is 19.1 Å². The average Bonchev–Trinajstić information content (AvgIpc) is 3.15. The van der Waals surface area contributed by atoms with E-state index >= 15 is 0 Å². The van der Waals surface area contributed by atoms with Crippen molar-refractivity contribution in [1.29, 1.82) is 0 Å². The van der Waals surface area contributed by atoms with Crippen LogP contribution < -0.4 is 4.74 Å². The predicted octanol–water partition coefficient (Wildman–Crippen LogP) is 6.05. The molecule has 0 saturated carbocycles. The van der Waals surface area contributed by atoms with Crippen LogP contribution in [0.25, 0.3) is 22.0 Å². The van der Waals surface area contributed by atoms with Gasteiger partial charge in [-0.15, -0.1) is 0 Å². The highest BCUT2D eigenvalue weighted by atomic mass is 19.1. The van der Waals surface area contributed by atoms with Crippen molar-refractivity contribution in [1.82, 2.24) is 4.57 Å². The molecule has 1 N–H and O–H groups in total. The summed E-state index contributed by atoms with van der Waals surface area (Å²) in [5.41, 5.74) is 3.62. The molecule has 0 radical (unpaired) electrons. The molecule has 0 saturated heterocycles. The number of benzene rings is 3. The molecule has 0 aliphatic heterocycles. The van der Waals surface area contributed by atoms with E-state index in [4.69, 9.17) is 14.6 Å². The molecular formula is C27H24FNO5. The lowest BCUT2D eigenvalue weighted by molar-refractivity contribution is -0.136. The molecular weight excluding hydrogens is 437 g/mol. The summed E-state index contributed by atoms with van der Waals surface area (Å²) in [5.74, 6) is -0.703. The summed E-state index contributed by atoms with van der Waals surface area (Å²) in [6.07, 6.45) is -0.921. The first-order valence-corrected chi connectivity index (χ1v) is 10.8. The molecule has 4 rings (SSSR count). The fourth-order valence-corrected chi connectivity index (χ4v) is 3.70. The Hall–Kier alpha value is -4.13. The van der Waals surface area contributed by atoms with Crippen LogP contribution in [0.15, 0.2) is 72.8 Å². The standard InChI is InChI=1S/C27H24FNO5/c1-17(2)34-27(32)29-23(14-21-7-10-22(28)15-25(21)29)16-33-24-11-8-20(9-12-24)19-5-3-18(4-6-19)13-26(30)31/h3-12,14-15,17H,13,16H2,1-2H3,(H,30,31). The van der Waals surface area contributed by atoms with Crippen LogP contribution in [0, 0.1) is 5.82 Å². The Morgan fingerprint density at radius 3 is 2.21 bits per heavy atom. The monoisotopic (exact) mass is 461 g/mol. The third-order valence-electron chi connectivity index (χ3n) is 5.25. The summed E-state index contributed by atoms with van der Waals surface area (Å²) in [6, 6.07) is 20.8. The molecule has 0 bridgehead atoms. The van der Waals surface area contributed by atoms with Crippen molar-refractivity contribution in [3.63, 3.8) is 0 Å². The van der Waals surface area contributed by atoms with Gasteiger partial charge in [-0.3, -0.25) is 4.79 Å². The number of fused-ring (bicyclic) bond motifs is 1. The third kappa shape index (κ3) is 5.26. The summed E-state index contributed by atoms with van der Waals surface area (Å²) in [5, 5.41) is 9.61. The molecule has 4 aromatic rings. The van der Waals surface area contributed by atoms with E-state index in [0.717, 1.165) is 16.7 Å². The van der Waals surface area contributed by atoms with Crippen LogP contribution in [-0.2, 0) is 22.6 Å². The largest absolute Gasteiger partial charge is 0.487 e. The quantitative estimate of drug-likeness (QED) is 0.363. The lowest BCUT2D eigenvalue weighted by atomic mass is 10.0. The first kappa shape index (κ1) is 23.0. The van der Waals surface area contributed by atoms with Gasteiger partial charge in [-0.1, -0.05) is 36.4 Å². The number of carbonyl (C=O) groups is 2. The fourth-order valence-electron chi connectivity index (χ4n) is 3.70. The van der Waals surface area contributed by atoms with Crippen molar-refractivity contribution in [3.05, 3.63) is 89.9 Å². The molecule has 34 heavy (non-hydrogen) atoms. The highest BCUT2D eigenvalue weighted by molar-refractivity contribution is 5.91. The number of hydrogen-bond acceptors (Lipinski definition) is 4. The van der Waals surface area contributed by atoms with Crippen molar-refractivity contribution in [3.8, 4) is 16.9 Å². The van der Waals surface area contributed by atoms with Gasteiger partial charge in [-0.05, 0) is 66.9 Å². The molecule has 0 aliphatic rings. The van der Waals surface area contributed by atoms with Crippen LogP contribution in [0.4, 0.5) is 9.18 Å². The maximum Gasteiger partial charge on any atom is 0.419 e. The van der Waals surface area contributed by atoms with E-state index in [1.807, 2.05) is 36.4 Å². The molecule has 7 heteroatoms. The maximum atomic E-state index is 13.8. The zero-order valence-electron chi connectivity index (χ0n) is 18.8. The van der Waals surface area contributed by atoms with Crippen molar-refractivity contribution < 1.29 is 28.6 Å². The first-order valence-electron chi connectivity index (χ1n) is 10.8. The number of carbonyl (C=O) groups excluding carboxylic acids is 1. The second-order valence-electron chi connectivity index (χ2n) is 8.19. The predicted molar refractivity (Wildman–Crippen MR) is 126 cm³/mol. The second-order valence-corrected chi connectivity index (χ2v) is 8.19. The Morgan fingerprint density at radius 2 is 1.59 bits per heavy atom. The number of rotatable bonds is 7. The SMILES string of the molecule is CC(C)OC(=O)n1c(COc2ccc(-c3ccc(CC(=O)O)cc3)cc2)cc2ccc(F)cc21. The smallest absolute Gasteiger partial charge is 0.419 e. The van der Waals surface area contributed by atoms with Gasteiger partial charge in [0.05, 0.1) is 23.7 Å². The van der Waals surface area contributed by atoms with E-state index in [1.54, 1.807) is 38.1 Å². The Morgan fingerprint density at radius 1 is 0.941 bits per heavy atom. The molecule has 0 amide bonds. The number of carboxylic acids is 1. The molecule has 1 aromatic heterocycles. The zero-order chi connectivity index (χ0) is 24.2. The molecule has 0 spiro atoms. The third-order valence-corrected chi connectivity index (χ3v) is 5.25. The van der Waals surface area contributed by atoms with E-state index < -0.39 is 17.9 Å². The maximum absolute atomic E-state index is 13.8. The number of nitrogens with zero attached hydrogens (tertiary/aromatic N) is 1. The molecule has 6 nitrogen and oxygen atoms in total. The number of carboxylic acid groups (broad SMARTS) is 1. The van der Waals surface area contributed by atoms with Gasteiger partial charge in [-0.2, -0.15) is 0 Å². The van der Waals surface area contributed by atoms with Gasteiger partial charge < -0.3 is 14.6 Å². The van der Waals surface area contributed by atoms with Crippen LogP contribution in [0.3, 0.4) is 0 Å². The van der Waals surface area contributed by atoms with Crippen molar-refractivity contribution in [2.24, 2.45) is 0 Å². The molecule has 1 heterocycles. The number of halogens is 1. The minimum absolute atomic E-state index is 0.0128. The minimum atomic E-state index is -0.865. The van der Waals surface area contributed by atoms with Crippen molar-refractivity contribution in [2.75, 3.05) is 0 Å². The van der Waals surface area contributed by atoms with Gasteiger partial charge in [0, 0.05) is 5.39 Å². The lowest BCUT2D eigenvalue weighted by Gasteiger charge is -2.13. The molecule has 0 aliphatic carbocycles. The fraction of sp³-hybridized carbons (Fsp3) is 0.185. The summed E-state index contributed by atoms with van der Waals surface area (Å²) in [4.78, 5) is 23.5. The summed E-state index contributed by atoms with van der Waals surface area (Å²) >= 11 is 0. The molecule has 0 atom stereocenters. The Kier molecular flexibility index (Phi) is 6.63. The van der Waals surface area contributed by atoms with E-state index in [0.29, 0.717) is 22.3 Å². The summed E-state index contributed by atoms with van der Waals surface area (Å²) in [7, 11) is 0. The van der Waals surface area contributed by atoms with Gasteiger partial charge in [0.15, 0.2) is 0 Å². The molecule has 0 fully saturated rings. The van der Waals surface area contributed by atoms with E-state index in [1.165, 1.54) is 16.7 Å². The van der Waals surface area contributed by atoms with Gasteiger partial charge >= 0.3 is 12.1 Å². The van der Waals surface area contributed by atoms with Crippen LogP contribution in [0.5, 0.6) is 5.75 Å². The Balaban J connectivity index is 1.51. The van der Waals surface area contributed by atoms with Crippen LogP contribution in [-0.4, -0.2) is 27.8 Å². The summed E-state index contributed by atoms with van der Waals surface area (Å²) in [6.45, 7) is 3.59. The second kappa shape index (κ2) is 9.79. The van der Waals surface area contributed by atoms with E-state index in [2.05, 4.69) is 0 Å². The van der Waals surface area contributed by atoms with Crippen LogP contribution in [0.1, 0.15) is 25.1 Å². The zero-order valence-corrected chi connectivity index (χ0v) is 18.8. The lowest BCUT2D eigenvalue weighted by Crippen LogP contribution is -2.20. The Labute approximate surface area is 196 Å². The average molecular weight is 461 g/mol. The van der Waals surface area contributed by atoms with Crippen molar-refractivity contribution in [2.45, 2.75) is 33.0 Å². The number of aliphatic carboxylic acids is 1. The topological polar surface area (TPSA) is 77.8 Å². The number of ether oxygens (including phenoxy) is 2. The van der Waals surface area contributed by atoms with E-state index in [9.17, 15) is 14.0 Å². The highest BCUT2D eigenvalue weighted by Gasteiger charge is 2.18. The Bertz CT molecular complexity index is 1320. The number of hydrogen-bond donors (Lipinski definition) is 1. The van der Waals surface area contributed by atoms with Gasteiger partial charge in [0.25, 0.3) is 0 Å². The number of aromatic nitrogens is 1. The molecule has 3 aromatic carbocycles. The highest BCUT2D eigenvalue weighted by Crippen LogP contribution is 2.26.